The maximum atomic E-state index is 12.3. The number of hydrogen-bond donors (Lipinski definition) is 2. The van der Waals surface area contributed by atoms with E-state index in [0.29, 0.717) is 16.3 Å². The van der Waals surface area contributed by atoms with E-state index in [-0.39, 0.29) is 5.91 Å². The zero-order chi connectivity index (χ0) is 14.7. The van der Waals surface area contributed by atoms with E-state index in [1.54, 1.807) is 19.3 Å². The molecule has 0 saturated heterocycles. The molecule has 0 aliphatic heterocycles. The Kier molecular flexibility index (Phi) is 4.25. The minimum absolute atomic E-state index is 0.243. The molecule has 20 heavy (non-hydrogen) atoms. The molecule has 1 amide bonds. The maximum absolute atomic E-state index is 12.3. The molecule has 0 aliphatic rings. The van der Waals surface area contributed by atoms with Gasteiger partial charge in [-0.3, -0.25) is 9.78 Å². The molecule has 0 spiro atoms. The highest BCUT2D eigenvalue weighted by atomic mass is 35.5. The second-order valence-electron chi connectivity index (χ2n) is 4.56. The van der Waals surface area contributed by atoms with Crippen LogP contribution in [0.15, 0.2) is 30.5 Å². The van der Waals surface area contributed by atoms with E-state index in [9.17, 15) is 4.79 Å². The number of benzene rings is 1. The number of nitrogens with one attached hydrogen (secondary N) is 2. The van der Waals surface area contributed by atoms with Crippen LogP contribution in [0.25, 0.3) is 0 Å². The summed E-state index contributed by atoms with van der Waals surface area (Å²) in [7, 11) is 1.77. The molecule has 104 valence electrons. The first-order valence-corrected chi connectivity index (χ1v) is 6.61. The minimum atomic E-state index is -0.243. The van der Waals surface area contributed by atoms with Crippen molar-refractivity contribution < 1.29 is 4.79 Å². The lowest BCUT2D eigenvalue weighted by molar-refractivity contribution is 0.102. The molecule has 0 atom stereocenters. The van der Waals surface area contributed by atoms with Crippen molar-refractivity contribution in [2.24, 2.45) is 0 Å². The van der Waals surface area contributed by atoms with Gasteiger partial charge in [0.05, 0.1) is 22.0 Å². The van der Waals surface area contributed by atoms with Crippen molar-refractivity contribution in [3.63, 3.8) is 0 Å². The van der Waals surface area contributed by atoms with Crippen molar-refractivity contribution in [3.05, 3.63) is 52.3 Å². The third kappa shape index (κ3) is 3.08. The zero-order valence-electron chi connectivity index (χ0n) is 11.6. The van der Waals surface area contributed by atoms with Crippen LogP contribution in [0.4, 0.5) is 11.4 Å². The minimum Gasteiger partial charge on any atom is -0.387 e. The lowest BCUT2D eigenvalue weighted by Gasteiger charge is -2.11. The Morgan fingerprint density at radius 3 is 2.60 bits per heavy atom. The third-order valence-corrected chi connectivity index (χ3v) is 3.24. The van der Waals surface area contributed by atoms with Gasteiger partial charge in [0.2, 0.25) is 0 Å². The van der Waals surface area contributed by atoms with Crippen molar-refractivity contribution in [2.45, 2.75) is 13.8 Å². The van der Waals surface area contributed by atoms with E-state index < -0.39 is 0 Å². The van der Waals surface area contributed by atoms with E-state index in [1.807, 2.05) is 32.0 Å². The SMILES string of the molecule is CNc1cc(C)ncc1C(=O)Nc1ccc(C)cc1Cl. The molecule has 0 saturated carbocycles. The van der Waals surface area contributed by atoms with E-state index in [2.05, 4.69) is 15.6 Å². The average Bonchev–Trinajstić information content (AvgIpc) is 2.41. The Hall–Kier alpha value is -2.07. The van der Waals surface area contributed by atoms with Gasteiger partial charge in [0.1, 0.15) is 0 Å². The molecule has 0 bridgehead atoms. The van der Waals surface area contributed by atoms with Gasteiger partial charge in [0.15, 0.2) is 0 Å². The largest absolute Gasteiger partial charge is 0.387 e. The number of carbonyl (C=O) groups is 1. The van der Waals surface area contributed by atoms with Gasteiger partial charge in [0.25, 0.3) is 5.91 Å². The van der Waals surface area contributed by atoms with Gasteiger partial charge in [-0.15, -0.1) is 0 Å². The number of rotatable bonds is 3. The van der Waals surface area contributed by atoms with E-state index in [4.69, 9.17) is 11.6 Å². The van der Waals surface area contributed by atoms with Gasteiger partial charge in [-0.2, -0.15) is 0 Å². The molecule has 2 aromatic rings. The van der Waals surface area contributed by atoms with Crippen LogP contribution in [0.3, 0.4) is 0 Å². The van der Waals surface area contributed by atoms with E-state index >= 15 is 0 Å². The van der Waals surface area contributed by atoms with Gasteiger partial charge >= 0.3 is 0 Å². The standard InChI is InChI=1S/C15H16ClN3O/c1-9-4-5-13(12(16)6-9)19-15(20)11-8-18-10(2)7-14(11)17-3/h4-8H,1-3H3,(H,17,18)(H,19,20). The number of amides is 1. The summed E-state index contributed by atoms with van der Waals surface area (Å²) in [4.78, 5) is 16.4. The molecular weight excluding hydrogens is 274 g/mol. The van der Waals surface area contributed by atoms with E-state index in [0.717, 1.165) is 16.9 Å². The number of anilines is 2. The van der Waals surface area contributed by atoms with Gasteiger partial charge in [-0.05, 0) is 37.6 Å². The fraction of sp³-hybridized carbons (Fsp3) is 0.200. The first-order valence-electron chi connectivity index (χ1n) is 6.23. The molecule has 0 aliphatic carbocycles. The number of carbonyl (C=O) groups excluding carboxylic acids is 1. The molecule has 1 aromatic carbocycles. The van der Waals surface area contributed by atoms with E-state index in [1.165, 1.54) is 0 Å². The van der Waals surface area contributed by atoms with Gasteiger partial charge in [0, 0.05) is 18.9 Å². The number of pyridine rings is 1. The Morgan fingerprint density at radius 2 is 1.95 bits per heavy atom. The average molecular weight is 290 g/mol. The highest BCUT2D eigenvalue weighted by Gasteiger charge is 2.13. The second-order valence-corrected chi connectivity index (χ2v) is 4.97. The summed E-state index contributed by atoms with van der Waals surface area (Å²) in [5, 5.41) is 6.31. The van der Waals surface area contributed by atoms with Crippen molar-refractivity contribution in [2.75, 3.05) is 17.7 Å². The van der Waals surface area contributed by atoms with Crippen molar-refractivity contribution >= 4 is 28.9 Å². The molecular formula is C15H16ClN3O. The molecule has 0 unspecified atom stereocenters. The maximum Gasteiger partial charge on any atom is 0.259 e. The van der Waals surface area contributed by atoms with Crippen LogP contribution < -0.4 is 10.6 Å². The number of aromatic nitrogens is 1. The van der Waals surface area contributed by atoms with Crippen LogP contribution >= 0.6 is 11.6 Å². The second kappa shape index (κ2) is 5.92. The van der Waals surface area contributed by atoms with Crippen LogP contribution in [-0.2, 0) is 0 Å². The van der Waals surface area contributed by atoms with Crippen LogP contribution in [-0.4, -0.2) is 17.9 Å². The van der Waals surface area contributed by atoms with Gasteiger partial charge in [-0.25, -0.2) is 0 Å². The summed E-state index contributed by atoms with van der Waals surface area (Å²) in [5.41, 5.74) is 3.69. The molecule has 4 nitrogen and oxygen atoms in total. The molecule has 1 heterocycles. The fourth-order valence-electron chi connectivity index (χ4n) is 1.86. The van der Waals surface area contributed by atoms with Gasteiger partial charge < -0.3 is 10.6 Å². The van der Waals surface area contributed by atoms with Crippen molar-refractivity contribution in [1.82, 2.24) is 4.98 Å². The topological polar surface area (TPSA) is 54.0 Å². The zero-order valence-corrected chi connectivity index (χ0v) is 12.4. The summed E-state index contributed by atoms with van der Waals surface area (Å²) in [5.74, 6) is -0.243. The quantitative estimate of drug-likeness (QED) is 0.907. The monoisotopic (exact) mass is 289 g/mol. The summed E-state index contributed by atoms with van der Waals surface area (Å²) in [6.07, 6.45) is 1.55. The summed E-state index contributed by atoms with van der Waals surface area (Å²) < 4.78 is 0. The summed E-state index contributed by atoms with van der Waals surface area (Å²) >= 11 is 6.11. The van der Waals surface area contributed by atoms with Crippen molar-refractivity contribution in [1.29, 1.82) is 0 Å². The molecule has 5 heteroatoms. The number of nitrogens with zero attached hydrogens (tertiary/aromatic N) is 1. The Bertz CT molecular complexity index is 656. The Balaban J connectivity index is 2.28. The lowest BCUT2D eigenvalue weighted by Crippen LogP contribution is -2.15. The van der Waals surface area contributed by atoms with Crippen LogP contribution in [0.1, 0.15) is 21.6 Å². The third-order valence-electron chi connectivity index (χ3n) is 2.93. The van der Waals surface area contributed by atoms with Crippen LogP contribution in [0, 0.1) is 13.8 Å². The van der Waals surface area contributed by atoms with Gasteiger partial charge in [-0.1, -0.05) is 17.7 Å². The molecule has 0 radical (unpaired) electrons. The molecule has 1 aromatic heterocycles. The molecule has 2 N–H and O–H groups in total. The number of aryl methyl sites for hydroxylation is 2. The van der Waals surface area contributed by atoms with Crippen LogP contribution in [0.2, 0.25) is 5.02 Å². The predicted molar refractivity (Wildman–Crippen MR) is 82.7 cm³/mol. The van der Waals surface area contributed by atoms with Crippen molar-refractivity contribution in [3.8, 4) is 0 Å². The van der Waals surface area contributed by atoms with Crippen LogP contribution in [0.5, 0.6) is 0 Å². The highest BCUT2D eigenvalue weighted by molar-refractivity contribution is 6.34. The predicted octanol–water partition coefficient (Wildman–Crippen LogP) is 3.65. The highest BCUT2D eigenvalue weighted by Crippen LogP contribution is 2.24. The first kappa shape index (κ1) is 14.3. The lowest BCUT2D eigenvalue weighted by atomic mass is 10.2. The normalized spacial score (nSPS) is 10.2. The Labute approximate surface area is 123 Å². The number of hydrogen-bond acceptors (Lipinski definition) is 3. The molecule has 0 fully saturated rings. The Morgan fingerprint density at radius 1 is 1.20 bits per heavy atom. The number of halogens is 1. The summed E-state index contributed by atoms with van der Waals surface area (Å²) in [6.45, 7) is 3.82. The molecule has 2 rings (SSSR count). The smallest absolute Gasteiger partial charge is 0.259 e. The summed E-state index contributed by atoms with van der Waals surface area (Å²) in [6, 6.07) is 7.32. The first-order chi connectivity index (χ1) is 9.51. The fourth-order valence-corrected chi connectivity index (χ4v) is 2.14.